The van der Waals surface area contributed by atoms with Gasteiger partial charge in [0.05, 0.1) is 22.3 Å². The molecule has 2 heterocycles. The summed E-state index contributed by atoms with van der Waals surface area (Å²) in [5, 5.41) is 15.0. The highest BCUT2D eigenvalue weighted by Crippen LogP contribution is 2.29. The highest BCUT2D eigenvalue weighted by Gasteiger charge is 2.08. The van der Waals surface area contributed by atoms with E-state index in [1.54, 1.807) is 16.7 Å². The molecule has 3 rings (SSSR count). The summed E-state index contributed by atoms with van der Waals surface area (Å²) in [5.41, 5.74) is 1.50. The Balaban J connectivity index is 1.80. The van der Waals surface area contributed by atoms with E-state index in [9.17, 15) is 4.79 Å². The Morgan fingerprint density at radius 3 is 2.89 bits per heavy atom. The molecule has 19 heavy (non-hydrogen) atoms. The second-order valence-electron chi connectivity index (χ2n) is 3.83. The van der Waals surface area contributed by atoms with Crippen molar-refractivity contribution < 1.29 is 9.90 Å². The number of hydrogen-bond donors (Lipinski definition) is 2. The van der Waals surface area contributed by atoms with E-state index in [-0.39, 0.29) is 6.42 Å². The molecule has 96 valence electrons. The van der Waals surface area contributed by atoms with E-state index >= 15 is 0 Å². The Morgan fingerprint density at radius 1 is 1.26 bits per heavy atom. The molecule has 0 unspecified atom stereocenters. The van der Waals surface area contributed by atoms with Crippen molar-refractivity contribution >= 4 is 49.1 Å². The minimum Gasteiger partial charge on any atom is -0.481 e. The summed E-state index contributed by atoms with van der Waals surface area (Å²) in [6.07, 6.45) is -0.0575. The maximum atomic E-state index is 10.6. The first-order chi connectivity index (χ1) is 9.20. The maximum absolute atomic E-state index is 10.6. The Hall–Kier alpha value is -1.99. The minimum atomic E-state index is -0.878. The fourth-order valence-electron chi connectivity index (χ4n) is 1.62. The summed E-state index contributed by atoms with van der Waals surface area (Å²) in [7, 11) is 0. The van der Waals surface area contributed by atoms with Gasteiger partial charge >= 0.3 is 5.97 Å². The van der Waals surface area contributed by atoms with E-state index in [1.807, 2.05) is 24.3 Å². The number of fused-ring (bicyclic) bond motifs is 1. The zero-order valence-corrected chi connectivity index (χ0v) is 11.3. The van der Waals surface area contributed by atoms with Gasteiger partial charge in [0.15, 0.2) is 10.3 Å². The van der Waals surface area contributed by atoms with Crippen LogP contribution in [0.1, 0.15) is 5.69 Å². The zero-order valence-electron chi connectivity index (χ0n) is 9.66. The minimum absolute atomic E-state index is 0.0575. The summed E-state index contributed by atoms with van der Waals surface area (Å²) in [5.74, 6) is -0.878. The van der Waals surface area contributed by atoms with Gasteiger partial charge in [-0.1, -0.05) is 23.5 Å². The highest BCUT2D eigenvalue weighted by molar-refractivity contribution is 7.22. The first-order valence-corrected chi connectivity index (χ1v) is 7.19. The van der Waals surface area contributed by atoms with Crippen molar-refractivity contribution in [3.63, 3.8) is 0 Å². The van der Waals surface area contributed by atoms with Crippen molar-refractivity contribution in [2.24, 2.45) is 0 Å². The van der Waals surface area contributed by atoms with Gasteiger partial charge in [0.2, 0.25) is 0 Å². The lowest BCUT2D eigenvalue weighted by Gasteiger charge is -1.94. The summed E-state index contributed by atoms with van der Waals surface area (Å²) in [6.45, 7) is 0. The Kier molecular flexibility index (Phi) is 3.14. The SMILES string of the molecule is O=C(O)Cc1csc(Nc2nc3ccccc3s2)n1. The second-order valence-corrected chi connectivity index (χ2v) is 5.72. The van der Waals surface area contributed by atoms with Gasteiger partial charge in [0.1, 0.15) is 0 Å². The number of carbonyl (C=O) groups is 1. The smallest absolute Gasteiger partial charge is 0.309 e. The van der Waals surface area contributed by atoms with Crippen LogP contribution in [0.4, 0.5) is 10.3 Å². The molecule has 3 aromatic rings. The van der Waals surface area contributed by atoms with Crippen LogP contribution >= 0.6 is 22.7 Å². The molecule has 7 heteroatoms. The number of nitrogens with zero attached hydrogens (tertiary/aromatic N) is 2. The van der Waals surface area contributed by atoms with Crippen molar-refractivity contribution in [3.8, 4) is 0 Å². The fourth-order valence-corrected chi connectivity index (χ4v) is 3.26. The van der Waals surface area contributed by atoms with Crippen LogP contribution in [-0.4, -0.2) is 21.0 Å². The van der Waals surface area contributed by atoms with Crippen LogP contribution in [0.5, 0.6) is 0 Å². The number of benzene rings is 1. The second kappa shape index (κ2) is 4.94. The lowest BCUT2D eigenvalue weighted by Crippen LogP contribution is -2.00. The van der Waals surface area contributed by atoms with Crippen LogP contribution in [0, 0.1) is 0 Å². The van der Waals surface area contributed by atoms with Gasteiger partial charge in [-0.2, -0.15) is 0 Å². The Morgan fingerprint density at radius 2 is 2.11 bits per heavy atom. The van der Waals surface area contributed by atoms with Crippen LogP contribution in [-0.2, 0) is 11.2 Å². The number of aromatic nitrogens is 2. The number of carboxylic acids is 1. The number of para-hydroxylation sites is 1. The van der Waals surface area contributed by atoms with Crippen LogP contribution in [0.15, 0.2) is 29.6 Å². The molecular formula is C12H9N3O2S2. The Labute approximate surface area is 116 Å². The standard InChI is InChI=1S/C12H9N3O2S2/c16-10(17)5-7-6-18-11(13-7)15-12-14-8-3-1-2-4-9(8)19-12/h1-4,6H,5H2,(H,16,17)(H,13,14,15). The molecule has 0 aliphatic heterocycles. The van der Waals surface area contributed by atoms with Gasteiger partial charge in [0, 0.05) is 5.38 Å². The number of aliphatic carboxylic acids is 1. The predicted octanol–water partition coefficient (Wildman–Crippen LogP) is 3.12. The predicted molar refractivity (Wildman–Crippen MR) is 76.4 cm³/mol. The zero-order chi connectivity index (χ0) is 13.2. The molecule has 2 aromatic heterocycles. The van der Waals surface area contributed by atoms with E-state index in [0.717, 1.165) is 15.3 Å². The highest BCUT2D eigenvalue weighted by atomic mass is 32.1. The van der Waals surface area contributed by atoms with Gasteiger partial charge in [-0.15, -0.1) is 11.3 Å². The summed E-state index contributed by atoms with van der Waals surface area (Å²) in [6, 6.07) is 7.88. The molecule has 0 saturated heterocycles. The van der Waals surface area contributed by atoms with Gasteiger partial charge < -0.3 is 10.4 Å². The van der Waals surface area contributed by atoms with Crippen molar-refractivity contribution in [3.05, 3.63) is 35.3 Å². The third-order valence-corrected chi connectivity index (χ3v) is 4.15. The first kappa shape index (κ1) is 12.1. The molecule has 0 aliphatic carbocycles. The molecule has 0 bridgehead atoms. The van der Waals surface area contributed by atoms with Crippen molar-refractivity contribution in [2.45, 2.75) is 6.42 Å². The fraction of sp³-hybridized carbons (Fsp3) is 0.0833. The molecule has 2 N–H and O–H groups in total. The summed E-state index contributed by atoms with van der Waals surface area (Å²) >= 11 is 2.92. The molecule has 0 fully saturated rings. The molecule has 5 nitrogen and oxygen atoms in total. The maximum Gasteiger partial charge on any atom is 0.309 e. The molecule has 0 amide bonds. The number of carboxylic acid groups (broad SMARTS) is 1. The average Bonchev–Trinajstić information content (AvgIpc) is 2.94. The molecule has 0 saturated carbocycles. The molecule has 0 aliphatic rings. The number of hydrogen-bond acceptors (Lipinski definition) is 6. The van der Waals surface area contributed by atoms with Crippen molar-refractivity contribution in [1.29, 1.82) is 0 Å². The lowest BCUT2D eigenvalue weighted by molar-refractivity contribution is -0.136. The van der Waals surface area contributed by atoms with Crippen molar-refractivity contribution in [1.82, 2.24) is 9.97 Å². The van der Waals surface area contributed by atoms with Crippen LogP contribution in [0.25, 0.3) is 10.2 Å². The van der Waals surface area contributed by atoms with Crippen LogP contribution in [0.2, 0.25) is 0 Å². The van der Waals surface area contributed by atoms with Gasteiger partial charge in [-0.25, -0.2) is 9.97 Å². The van der Waals surface area contributed by atoms with Crippen LogP contribution in [0.3, 0.4) is 0 Å². The van der Waals surface area contributed by atoms with Gasteiger partial charge in [0.25, 0.3) is 0 Å². The number of anilines is 2. The molecule has 0 radical (unpaired) electrons. The van der Waals surface area contributed by atoms with Gasteiger partial charge in [-0.3, -0.25) is 4.79 Å². The van der Waals surface area contributed by atoms with E-state index < -0.39 is 5.97 Å². The average molecular weight is 291 g/mol. The topological polar surface area (TPSA) is 75.1 Å². The monoisotopic (exact) mass is 291 g/mol. The largest absolute Gasteiger partial charge is 0.481 e. The van der Waals surface area contributed by atoms with Crippen LogP contribution < -0.4 is 5.32 Å². The molecular weight excluding hydrogens is 282 g/mol. The quantitative estimate of drug-likeness (QED) is 0.772. The molecule has 1 aromatic carbocycles. The van der Waals surface area contributed by atoms with E-state index in [1.165, 1.54) is 11.3 Å². The van der Waals surface area contributed by atoms with Crippen molar-refractivity contribution in [2.75, 3.05) is 5.32 Å². The molecule has 0 spiro atoms. The third-order valence-electron chi connectivity index (χ3n) is 2.39. The first-order valence-electron chi connectivity index (χ1n) is 5.49. The van der Waals surface area contributed by atoms with E-state index in [0.29, 0.717) is 10.8 Å². The van der Waals surface area contributed by atoms with Gasteiger partial charge in [-0.05, 0) is 12.1 Å². The Bertz CT molecular complexity index is 702. The van der Waals surface area contributed by atoms with E-state index in [4.69, 9.17) is 5.11 Å². The molecule has 0 atom stereocenters. The normalized spacial score (nSPS) is 10.7. The number of nitrogens with one attached hydrogen (secondary N) is 1. The third kappa shape index (κ3) is 2.72. The number of thiazole rings is 2. The summed E-state index contributed by atoms with van der Waals surface area (Å²) in [4.78, 5) is 19.2. The summed E-state index contributed by atoms with van der Waals surface area (Å²) < 4.78 is 1.10. The lowest BCUT2D eigenvalue weighted by atomic mass is 10.3. The van der Waals surface area contributed by atoms with E-state index in [2.05, 4.69) is 15.3 Å². The number of rotatable bonds is 4.